The molecule has 0 saturated carbocycles. The van der Waals surface area contributed by atoms with Crippen LogP contribution in [-0.2, 0) is 24.1 Å². The fourth-order valence-corrected chi connectivity index (χ4v) is 4.40. The van der Waals surface area contributed by atoms with Crippen molar-refractivity contribution in [1.82, 2.24) is 10.3 Å². The quantitative estimate of drug-likeness (QED) is 0.467. The summed E-state index contributed by atoms with van der Waals surface area (Å²) in [7, 11) is 0. The van der Waals surface area contributed by atoms with E-state index in [4.69, 9.17) is 9.15 Å². The Morgan fingerprint density at radius 3 is 2.90 bits per heavy atom. The van der Waals surface area contributed by atoms with E-state index < -0.39 is 6.10 Å². The third-order valence-corrected chi connectivity index (χ3v) is 6.00. The van der Waals surface area contributed by atoms with Crippen molar-refractivity contribution in [3.05, 3.63) is 75.8 Å². The molecule has 2 heterocycles. The van der Waals surface area contributed by atoms with Gasteiger partial charge in [-0.15, -0.1) is 0 Å². The summed E-state index contributed by atoms with van der Waals surface area (Å²) in [5.74, 6) is 0.322. The highest BCUT2D eigenvalue weighted by Crippen LogP contribution is 2.30. The van der Waals surface area contributed by atoms with Crippen molar-refractivity contribution in [3.63, 3.8) is 0 Å². The number of aryl methyl sites for hydroxylation is 1. The number of H-pyrrole nitrogens is 1. The molecular weight excluding hydrogens is 392 g/mol. The molecule has 158 valence electrons. The van der Waals surface area contributed by atoms with Gasteiger partial charge in [-0.3, -0.25) is 4.79 Å². The second-order valence-corrected chi connectivity index (χ2v) is 8.02. The maximum absolute atomic E-state index is 12.5. The van der Waals surface area contributed by atoms with Gasteiger partial charge in [0.1, 0.15) is 11.3 Å². The van der Waals surface area contributed by atoms with Crippen LogP contribution in [0.3, 0.4) is 0 Å². The molecule has 0 bridgehead atoms. The minimum absolute atomic E-state index is 0.185. The Kier molecular flexibility index (Phi) is 4.98. The lowest BCUT2D eigenvalue weighted by Crippen LogP contribution is -2.37. The Labute approximate surface area is 179 Å². The van der Waals surface area contributed by atoms with E-state index in [0.29, 0.717) is 17.9 Å². The Balaban J connectivity index is 1.23. The van der Waals surface area contributed by atoms with E-state index in [0.717, 1.165) is 47.7 Å². The highest BCUT2D eigenvalue weighted by atomic mass is 16.5. The number of ether oxygens (including phenoxy) is 1. The van der Waals surface area contributed by atoms with Crippen molar-refractivity contribution in [1.29, 1.82) is 0 Å². The van der Waals surface area contributed by atoms with Crippen molar-refractivity contribution < 1.29 is 13.9 Å². The molecule has 2 N–H and O–H groups in total. The molecule has 5 rings (SSSR count). The van der Waals surface area contributed by atoms with E-state index in [9.17, 15) is 9.59 Å². The fraction of sp³-hybridized carbons (Fsp3) is 0.280. The molecule has 1 aliphatic rings. The minimum Gasteiger partial charge on any atom is -0.481 e. The van der Waals surface area contributed by atoms with Crippen molar-refractivity contribution >= 4 is 27.8 Å². The summed E-state index contributed by atoms with van der Waals surface area (Å²) < 4.78 is 11.3. The fourth-order valence-electron chi connectivity index (χ4n) is 4.40. The molecule has 1 amide bonds. The monoisotopic (exact) mass is 416 g/mol. The maximum Gasteiger partial charge on any atom is 0.339 e. The van der Waals surface area contributed by atoms with Crippen LogP contribution in [0.25, 0.3) is 21.9 Å². The number of hydrogen-bond acceptors (Lipinski definition) is 4. The van der Waals surface area contributed by atoms with E-state index in [-0.39, 0.29) is 11.5 Å². The number of nitrogens with one attached hydrogen (secondary N) is 2. The van der Waals surface area contributed by atoms with Gasteiger partial charge < -0.3 is 19.5 Å². The van der Waals surface area contributed by atoms with Gasteiger partial charge in [0.2, 0.25) is 0 Å². The molecule has 0 fully saturated rings. The summed E-state index contributed by atoms with van der Waals surface area (Å²) in [6, 6.07) is 13.6. The zero-order valence-corrected chi connectivity index (χ0v) is 17.4. The second kappa shape index (κ2) is 7.95. The molecule has 0 spiro atoms. The molecule has 2 aromatic carbocycles. The molecule has 4 aromatic rings. The first-order chi connectivity index (χ1) is 15.1. The van der Waals surface area contributed by atoms with Crippen LogP contribution in [0.5, 0.6) is 5.75 Å². The smallest absolute Gasteiger partial charge is 0.339 e. The summed E-state index contributed by atoms with van der Waals surface area (Å²) in [6.07, 6.45) is 4.70. The number of para-hydroxylation sites is 1. The highest BCUT2D eigenvalue weighted by molar-refractivity contribution is 5.85. The average molecular weight is 416 g/mol. The zero-order valence-electron chi connectivity index (χ0n) is 17.4. The van der Waals surface area contributed by atoms with E-state index >= 15 is 0 Å². The van der Waals surface area contributed by atoms with Gasteiger partial charge >= 0.3 is 5.63 Å². The van der Waals surface area contributed by atoms with Crippen LogP contribution in [0.2, 0.25) is 0 Å². The van der Waals surface area contributed by atoms with Gasteiger partial charge in [0, 0.05) is 40.7 Å². The number of carbonyl (C=O) groups excluding carboxylic acids is 1. The summed E-state index contributed by atoms with van der Waals surface area (Å²) >= 11 is 0. The molecule has 0 radical (unpaired) electrons. The number of benzene rings is 2. The van der Waals surface area contributed by atoms with Gasteiger partial charge in [0.05, 0.1) is 0 Å². The van der Waals surface area contributed by atoms with Gasteiger partial charge in [-0.25, -0.2) is 4.79 Å². The van der Waals surface area contributed by atoms with Crippen LogP contribution < -0.4 is 15.7 Å². The SMILES string of the molecule is CC(Oc1ccc2c3c(c(=O)oc2c1)CCC3)C(=O)NCCc1c[nH]c2ccccc12. The Bertz CT molecular complexity index is 1330. The molecule has 31 heavy (non-hydrogen) atoms. The number of carbonyl (C=O) groups is 1. The lowest BCUT2D eigenvalue weighted by Gasteiger charge is -2.15. The van der Waals surface area contributed by atoms with Crippen molar-refractivity contribution in [2.75, 3.05) is 6.54 Å². The summed E-state index contributed by atoms with van der Waals surface area (Å²) in [6.45, 7) is 2.23. The molecule has 0 aliphatic heterocycles. The van der Waals surface area contributed by atoms with E-state index in [1.54, 1.807) is 13.0 Å². The van der Waals surface area contributed by atoms with Crippen molar-refractivity contribution in [2.24, 2.45) is 0 Å². The number of amides is 1. The van der Waals surface area contributed by atoms with Crippen molar-refractivity contribution in [2.45, 2.75) is 38.7 Å². The average Bonchev–Trinajstić information content (AvgIpc) is 3.42. The van der Waals surface area contributed by atoms with E-state index in [1.807, 2.05) is 36.5 Å². The summed E-state index contributed by atoms with van der Waals surface area (Å²) in [5.41, 5.74) is 4.39. The number of aromatic nitrogens is 1. The molecule has 6 heteroatoms. The van der Waals surface area contributed by atoms with Crippen LogP contribution >= 0.6 is 0 Å². The first-order valence-electron chi connectivity index (χ1n) is 10.7. The van der Waals surface area contributed by atoms with Crippen LogP contribution in [0.4, 0.5) is 0 Å². The van der Waals surface area contributed by atoms with Crippen LogP contribution in [0, 0.1) is 0 Å². The highest BCUT2D eigenvalue weighted by Gasteiger charge is 2.20. The van der Waals surface area contributed by atoms with E-state index in [1.165, 1.54) is 10.9 Å². The first-order valence-corrected chi connectivity index (χ1v) is 10.7. The van der Waals surface area contributed by atoms with Gasteiger partial charge in [0.15, 0.2) is 6.10 Å². The molecule has 6 nitrogen and oxygen atoms in total. The topological polar surface area (TPSA) is 84.3 Å². The molecule has 2 aromatic heterocycles. The number of hydrogen-bond donors (Lipinski definition) is 2. The molecule has 1 unspecified atom stereocenters. The Morgan fingerprint density at radius 1 is 1.16 bits per heavy atom. The number of fused-ring (bicyclic) bond motifs is 4. The molecule has 0 saturated heterocycles. The molecule has 1 atom stereocenters. The second-order valence-electron chi connectivity index (χ2n) is 8.02. The Morgan fingerprint density at radius 2 is 2.00 bits per heavy atom. The predicted octanol–water partition coefficient (Wildman–Crippen LogP) is 3.89. The first kappa shape index (κ1) is 19.4. The third-order valence-electron chi connectivity index (χ3n) is 6.00. The third kappa shape index (κ3) is 3.69. The minimum atomic E-state index is -0.665. The standard InChI is InChI=1S/C25H24N2O4/c1-15(24(28)26-12-11-16-14-27-22-8-3-2-5-18(16)22)30-17-9-10-20-19-6-4-7-21(19)25(29)31-23(20)13-17/h2-3,5,8-10,13-15,27H,4,6-7,11-12H2,1H3,(H,26,28). The predicted molar refractivity (Wildman–Crippen MR) is 120 cm³/mol. The van der Waals surface area contributed by atoms with Crippen LogP contribution in [0.1, 0.15) is 30.0 Å². The van der Waals surface area contributed by atoms with Crippen LogP contribution in [-0.4, -0.2) is 23.5 Å². The normalized spacial score (nSPS) is 14.0. The lowest BCUT2D eigenvalue weighted by molar-refractivity contribution is -0.127. The maximum atomic E-state index is 12.5. The number of rotatable bonds is 6. The Hall–Kier alpha value is -3.54. The van der Waals surface area contributed by atoms with Gasteiger partial charge in [0.25, 0.3) is 5.91 Å². The van der Waals surface area contributed by atoms with Crippen LogP contribution in [0.15, 0.2) is 57.9 Å². The largest absolute Gasteiger partial charge is 0.481 e. The summed E-state index contributed by atoms with van der Waals surface area (Å²) in [5, 5.41) is 5.06. The molecule has 1 aliphatic carbocycles. The van der Waals surface area contributed by atoms with E-state index in [2.05, 4.69) is 16.4 Å². The van der Waals surface area contributed by atoms with Gasteiger partial charge in [-0.1, -0.05) is 18.2 Å². The molecular formula is C25H24N2O4. The number of aromatic amines is 1. The van der Waals surface area contributed by atoms with Gasteiger partial charge in [-0.2, -0.15) is 0 Å². The zero-order chi connectivity index (χ0) is 21.4. The summed E-state index contributed by atoms with van der Waals surface area (Å²) in [4.78, 5) is 27.9. The van der Waals surface area contributed by atoms with Gasteiger partial charge in [-0.05, 0) is 61.9 Å². The lowest BCUT2D eigenvalue weighted by atomic mass is 10.1. The van der Waals surface area contributed by atoms with Crippen molar-refractivity contribution in [3.8, 4) is 5.75 Å².